The normalized spacial score (nSPS) is 13.1. The highest BCUT2D eigenvalue weighted by Gasteiger charge is 2.34. The molecule has 5 nitrogen and oxygen atoms in total. The molecule has 70 heavy (non-hydrogen) atoms. The second kappa shape index (κ2) is 15.2. The average molecular weight is 920 g/mol. The van der Waals surface area contributed by atoms with E-state index in [0.717, 1.165) is 101 Å². The Hall–Kier alpha value is -8.16. The zero-order valence-corrected chi connectivity index (χ0v) is 41.0. The van der Waals surface area contributed by atoms with Crippen LogP contribution in [0.2, 0.25) is 0 Å². The molecule has 4 aromatic heterocycles. The number of thiophene rings is 1. The monoisotopic (exact) mass is 919 g/mol. The molecule has 1 aliphatic carbocycles. The molecule has 0 saturated carbocycles. The fraction of sp³-hybridized carbons (Fsp3) is 0.156. The van der Waals surface area contributed by atoms with Crippen molar-refractivity contribution in [1.82, 2.24) is 13.7 Å². The van der Waals surface area contributed by atoms with Crippen molar-refractivity contribution in [1.29, 1.82) is 10.5 Å². The first-order chi connectivity index (χ1) is 33.9. The summed E-state index contributed by atoms with van der Waals surface area (Å²) in [5.74, 6) is 0. The van der Waals surface area contributed by atoms with Crippen molar-refractivity contribution in [2.75, 3.05) is 0 Å². The Balaban J connectivity index is 1.32. The van der Waals surface area contributed by atoms with Crippen LogP contribution in [0.15, 0.2) is 158 Å². The molecule has 0 atom stereocenters. The summed E-state index contributed by atoms with van der Waals surface area (Å²) < 4.78 is 9.37. The van der Waals surface area contributed by atoms with Crippen LogP contribution in [-0.4, -0.2) is 13.7 Å². The summed E-state index contributed by atoms with van der Waals surface area (Å²) in [6.45, 7) is 13.5. The summed E-state index contributed by atoms with van der Waals surface area (Å²) >= 11 is 1.79. The number of para-hydroxylation sites is 3. The van der Waals surface area contributed by atoms with Gasteiger partial charge in [-0.3, -0.25) is 0 Å². The highest BCUT2D eigenvalue weighted by molar-refractivity contribution is 7.25. The first-order valence-electron chi connectivity index (χ1n) is 24.3. The SMILES string of the molecule is CC(C)(C)c1ccc2c(c1)c1cc(C(C)(C)C)ccc1n2-c1c(C#N)c(-n2c3c(c4ccccc42)C=CCC3)c(-c2ccc3sc4ccccc4c3c2)c(-n2c3ccccc3c3ccccc32)c1C#N. The summed E-state index contributed by atoms with van der Waals surface area (Å²) in [7, 11) is 0. The van der Waals surface area contributed by atoms with Crippen molar-refractivity contribution in [3.8, 4) is 40.3 Å². The van der Waals surface area contributed by atoms with E-state index in [9.17, 15) is 10.5 Å². The summed E-state index contributed by atoms with van der Waals surface area (Å²) in [5, 5.41) is 32.5. The first-order valence-corrected chi connectivity index (χ1v) is 25.1. The van der Waals surface area contributed by atoms with Gasteiger partial charge in [-0.25, -0.2) is 0 Å². The smallest absolute Gasteiger partial charge is 0.104 e. The van der Waals surface area contributed by atoms with E-state index in [4.69, 9.17) is 0 Å². The molecule has 6 heteroatoms. The van der Waals surface area contributed by atoms with Gasteiger partial charge in [0.05, 0.1) is 44.6 Å². The van der Waals surface area contributed by atoms with Gasteiger partial charge in [0.2, 0.25) is 0 Å². The number of fused-ring (bicyclic) bond motifs is 12. The van der Waals surface area contributed by atoms with Gasteiger partial charge in [-0.05, 0) is 101 Å². The molecule has 12 aromatic rings. The molecule has 0 amide bonds. The largest absolute Gasteiger partial charge is 0.311 e. The number of rotatable bonds is 4. The van der Waals surface area contributed by atoms with Gasteiger partial charge in [0, 0.05) is 63.9 Å². The van der Waals surface area contributed by atoms with Crippen molar-refractivity contribution in [3.05, 3.63) is 191 Å². The average Bonchev–Trinajstić information content (AvgIpc) is 4.11. The summed E-state index contributed by atoms with van der Waals surface area (Å²) in [4.78, 5) is 0. The lowest BCUT2D eigenvalue weighted by molar-refractivity contribution is 0.590. The van der Waals surface area contributed by atoms with Gasteiger partial charge in [-0.2, -0.15) is 10.5 Å². The minimum atomic E-state index is -0.115. The van der Waals surface area contributed by atoms with E-state index in [-0.39, 0.29) is 10.8 Å². The van der Waals surface area contributed by atoms with Crippen LogP contribution in [0.3, 0.4) is 0 Å². The molecular formula is C64H49N5S. The Kier molecular flexibility index (Phi) is 9.10. The molecule has 336 valence electrons. The Morgan fingerprint density at radius 1 is 0.457 bits per heavy atom. The second-order valence-electron chi connectivity index (χ2n) is 21.0. The number of aromatic nitrogens is 3. The Morgan fingerprint density at radius 3 is 1.53 bits per heavy atom. The fourth-order valence-electron chi connectivity index (χ4n) is 11.5. The molecule has 1 aliphatic rings. The molecule has 0 unspecified atom stereocenters. The minimum absolute atomic E-state index is 0.115. The summed E-state index contributed by atoms with van der Waals surface area (Å²) in [6.07, 6.45) is 6.19. The minimum Gasteiger partial charge on any atom is -0.311 e. The third kappa shape index (κ3) is 6.00. The van der Waals surface area contributed by atoms with Crippen molar-refractivity contribution < 1.29 is 0 Å². The standard InChI is InChI=1S/C64H49N5S/c1-63(2,3)39-28-30-55-46(34-39)47-35-40(64(4,5)6)29-31-56(47)67(55)60-49(36-65)61(68-51-22-12-7-17-41(51)42-18-8-13-23-52(42)68)59(38-27-32-58-48(33-38)45-21-11-16-26-57(45)70-58)62(50(60)37-66)69-53-24-14-9-19-43(53)44-20-10-15-25-54(44)69/h7-14,16-24,26-35H,15,25H2,1-6H3. The Labute approximate surface area is 411 Å². The van der Waals surface area contributed by atoms with Crippen LogP contribution in [-0.2, 0) is 17.3 Å². The third-order valence-corrected chi connectivity index (χ3v) is 16.1. The molecule has 13 rings (SSSR count). The number of hydrogen-bond donors (Lipinski definition) is 0. The zero-order chi connectivity index (χ0) is 47.8. The van der Waals surface area contributed by atoms with Crippen molar-refractivity contribution >= 4 is 92.1 Å². The summed E-state index contributed by atoms with van der Waals surface area (Å²) in [6, 6.07) is 60.4. The van der Waals surface area contributed by atoms with E-state index in [1.807, 2.05) is 0 Å². The van der Waals surface area contributed by atoms with E-state index in [2.05, 4.69) is 231 Å². The van der Waals surface area contributed by atoms with E-state index in [0.29, 0.717) is 16.8 Å². The van der Waals surface area contributed by atoms with Crippen molar-refractivity contribution in [3.63, 3.8) is 0 Å². The lowest BCUT2D eigenvalue weighted by atomic mass is 9.85. The molecule has 0 saturated heterocycles. The molecule has 8 aromatic carbocycles. The molecular weight excluding hydrogens is 871 g/mol. The predicted octanol–water partition coefficient (Wildman–Crippen LogP) is 17.2. The van der Waals surface area contributed by atoms with Crippen molar-refractivity contribution in [2.24, 2.45) is 0 Å². The molecule has 0 fully saturated rings. The van der Waals surface area contributed by atoms with Crippen LogP contribution in [0.25, 0.3) is 109 Å². The second-order valence-corrected chi connectivity index (χ2v) is 22.1. The number of allylic oxidation sites excluding steroid dienone is 1. The van der Waals surface area contributed by atoms with E-state index in [1.165, 1.54) is 31.5 Å². The maximum absolute atomic E-state index is 12.3. The van der Waals surface area contributed by atoms with E-state index < -0.39 is 0 Å². The molecule has 0 N–H and O–H groups in total. The van der Waals surface area contributed by atoms with Crippen LogP contribution in [0.4, 0.5) is 0 Å². The zero-order valence-electron chi connectivity index (χ0n) is 40.1. The highest BCUT2D eigenvalue weighted by atomic mass is 32.1. The van der Waals surface area contributed by atoms with Crippen LogP contribution < -0.4 is 0 Å². The topological polar surface area (TPSA) is 62.4 Å². The molecule has 0 radical (unpaired) electrons. The predicted molar refractivity (Wildman–Crippen MR) is 294 cm³/mol. The molecule has 0 aliphatic heterocycles. The number of benzene rings is 8. The first kappa shape index (κ1) is 42.0. The maximum atomic E-state index is 12.3. The van der Waals surface area contributed by atoms with Crippen LogP contribution in [0.1, 0.15) is 81.5 Å². The lowest BCUT2D eigenvalue weighted by Gasteiger charge is -2.27. The van der Waals surface area contributed by atoms with Crippen LogP contribution >= 0.6 is 11.3 Å². The number of hydrogen-bond acceptors (Lipinski definition) is 3. The van der Waals surface area contributed by atoms with Crippen LogP contribution in [0.5, 0.6) is 0 Å². The van der Waals surface area contributed by atoms with Gasteiger partial charge in [0.25, 0.3) is 0 Å². The number of nitriles is 2. The van der Waals surface area contributed by atoms with Gasteiger partial charge in [-0.1, -0.05) is 145 Å². The third-order valence-electron chi connectivity index (χ3n) is 14.9. The fourth-order valence-corrected chi connectivity index (χ4v) is 12.6. The van der Waals surface area contributed by atoms with E-state index in [1.54, 1.807) is 11.3 Å². The maximum Gasteiger partial charge on any atom is 0.104 e. The van der Waals surface area contributed by atoms with Gasteiger partial charge in [-0.15, -0.1) is 11.3 Å². The van der Waals surface area contributed by atoms with Crippen molar-refractivity contribution in [2.45, 2.75) is 65.2 Å². The van der Waals surface area contributed by atoms with Gasteiger partial charge in [0.15, 0.2) is 0 Å². The van der Waals surface area contributed by atoms with Gasteiger partial charge >= 0.3 is 0 Å². The molecule has 0 bridgehead atoms. The van der Waals surface area contributed by atoms with Gasteiger partial charge in [0.1, 0.15) is 23.3 Å². The molecule has 0 spiro atoms. The molecule has 4 heterocycles. The Bertz CT molecular complexity index is 4220. The summed E-state index contributed by atoms with van der Waals surface area (Å²) in [5.41, 5.74) is 14.2. The van der Waals surface area contributed by atoms with E-state index >= 15 is 0 Å². The Morgan fingerprint density at radius 2 is 0.943 bits per heavy atom. The highest BCUT2D eigenvalue weighted by Crippen LogP contribution is 2.50. The lowest BCUT2D eigenvalue weighted by Crippen LogP contribution is -2.15. The van der Waals surface area contributed by atoms with Gasteiger partial charge < -0.3 is 13.7 Å². The quantitative estimate of drug-likeness (QED) is 0.177. The van der Waals surface area contributed by atoms with Crippen LogP contribution in [0, 0.1) is 22.7 Å². The number of nitrogens with zero attached hydrogens (tertiary/aromatic N) is 5.